The van der Waals surface area contributed by atoms with Gasteiger partial charge in [-0.2, -0.15) is 0 Å². The van der Waals surface area contributed by atoms with Gasteiger partial charge in [0.2, 0.25) is 0 Å². The smallest absolute Gasteiger partial charge is 0.252 e. The summed E-state index contributed by atoms with van der Waals surface area (Å²) in [7, 11) is 0. The Morgan fingerprint density at radius 3 is 1.14 bits per heavy atom. The lowest BCUT2D eigenvalue weighted by Gasteiger charge is -2.45. The second-order valence-electron chi connectivity index (χ2n) is 52.7. The van der Waals surface area contributed by atoms with Crippen molar-refractivity contribution in [3.63, 3.8) is 0 Å². The standard InChI is InChI=1S/C136H138B2N6/c1-80-69-104-105(132(19,20)68-67-131(104,17)18)78-111(80)142-113-77-95(62-65-107(113)138-108-41-33-37-98-118-124(96-35-29-31-39-102(96)135(118,25)26)143(122(98)108)116-73-88(130(14,15)16)72-114(142)120(116)138)140(92-57-48-85(49-58-92)128(8,9)10)93-59-50-86(51-60-93)133(21,22)79-82-70-81-43-63-101(82)134(23,24)89-74-115-121-117(75-89)144-123-99(119-125(144)97-36-30-32-40-103(97)136(119,27)28)38-34-42-109(123)137(121)106-64-61-94(76-112(106)141(115)110-66-52-87(71-100(81)110)129(11,12)13)139(90-53-44-83(45-54-90)126(2,3)4)91-55-46-84(47-56-91)127(5,6)7/h29-66,69-78H,67-68,79H2,1-28H3. The highest BCUT2D eigenvalue weighted by Gasteiger charge is 2.53. The molecule has 0 saturated carbocycles. The minimum absolute atomic E-state index is 0.0219. The van der Waals surface area contributed by atoms with Gasteiger partial charge in [-0.25, -0.2) is 0 Å². The van der Waals surface area contributed by atoms with Gasteiger partial charge in [-0.15, -0.1) is 0 Å². The van der Waals surface area contributed by atoms with E-state index in [4.69, 9.17) is 0 Å². The van der Waals surface area contributed by atoms with Crippen molar-refractivity contribution in [2.75, 3.05) is 19.6 Å². The highest BCUT2D eigenvalue weighted by atomic mass is 15.2. The van der Waals surface area contributed by atoms with Gasteiger partial charge in [0.15, 0.2) is 0 Å². The normalized spacial score (nSPS) is 16.2. The van der Waals surface area contributed by atoms with Crippen molar-refractivity contribution in [3.8, 4) is 45.0 Å². The highest BCUT2D eigenvalue weighted by molar-refractivity contribution is 7.01. The van der Waals surface area contributed by atoms with Crippen molar-refractivity contribution < 1.29 is 0 Å². The summed E-state index contributed by atoms with van der Waals surface area (Å²) in [5, 5.41) is 2.69. The van der Waals surface area contributed by atoms with Crippen LogP contribution in [0.1, 0.15) is 289 Å². The zero-order chi connectivity index (χ0) is 101. The van der Waals surface area contributed by atoms with Crippen LogP contribution in [0.15, 0.2) is 291 Å². The number of aromatic nitrogens is 2. The summed E-state index contributed by atoms with van der Waals surface area (Å²) in [6.45, 7) is 67.5. The third-order valence-corrected chi connectivity index (χ3v) is 35.8. The fourth-order valence-electron chi connectivity index (χ4n) is 27.4. The number of benzene rings is 15. The first-order chi connectivity index (χ1) is 68.0. The van der Waals surface area contributed by atoms with Gasteiger partial charge in [-0.3, -0.25) is 0 Å². The molecule has 8 heteroatoms. The second-order valence-corrected chi connectivity index (χ2v) is 52.7. The Morgan fingerprint density at radius 2 is 0.681 bits per heavy atom. The maximum Gasteiger partial charge on any atom is 0.252 e. The summed E-state index contributed by atoms with van der Waals surface area (Å²) in [6, 6.07) is 117. The molecule has 3 aliphatic carbocycles. The number of para-hydroxylation sites is 2. The van der Waals surface area contributed by atoms with E-state index in [9.17, 15) is 0 Å². The Labute approximate surface area is 856 Å². The minimum atomic E-state index is -0.535. The average Bonchev–Trinajstić information content (AvgIpc) is 1.49. The highest BCUT2D eigenvalue weighted by Crippen LogP contribution is 2.61. The Bertz CT molecular complexity index is 8310. The molecule has 0 unspecified atom stereocenters. The Balaban J connectivity index is 0.673. The van der Waals surface area contributed by atoms with E-state index in [1.54, 1.807) is 0 Å². The molecule has 17 aromatic rings. The molecule has 6 nitrogen and oxygen atoms in total. The van der Waals surface area contributed by atoms with Gasteiger partial charge < -0.3 is 28.7 Å². The van der Waals surface area contributed by atoms with Crippen LogP contribution >= 0.6 is 0 Å². The summed E-state index contributed by atoms with van der Waals surface area (Å²) >= 11 is 0. The number of hydrogen-bond donors (Lipinski definition) is 0. The molecular formula is C136H138B2N6. The van der Waals surface area contributed by atoms with Gasteiger partial charge in [0.05, 0.1) is 17.1 Å². The van der Waals surface area contributed by atoms with Crippen LogP contribution in [-0.4, -0.2) is 22.6 Å². The number of anilines is 12. The summed E-state index contributed by atoms with van der Waals surface area (Å²) in [5.41, 5.74) is 54.8. The zero-order valence-corrected chi connectivity index (χ0v) is 90.2. The first-order valence-corrected chi connectivity index (χ1v) is 53.3. The number of aryl methyl sites for hydroxylation is 1. The molecule has 26 rings (SSSR count). The fraction of sp³-hybridized carbons (Fsp3) is 0.309. The van der Waals surface area contributed by atoms with Crippen molar-refractivity contribution in [3.05, 3.63) is 380 Å². The monoisotopic (exact) mass is 1880 g/mol. The Kier molecular flexibility index (Phi) is 19.4. The van der Waals surface area contributed by atoms with E-state index in [-0.39, 0.29) is 67.6 Å². The van der Waals surface area contributed by atoms with E-state index in [2.05, 4.69) is 514 Å². The lowest BCUT2D eigenvalue weighted by atomic mass is 9.33. The molecule has 144 heavy (non-hydrogen) atoms. The van der Waals surface area contributed by atoms with Crippen molar-refractivity contribution in [2.24, 2.45) is 0 Å². The van der Waals surface area contributed by atoms with Crippen LogP contribution in [0.25, 0.3) is 66.8 Å². The summed E-state index contributed by atoms with van der Waals surface area (Å²) in [5.74, 6) is 0. The second kappa shape index (κ2) is 30.4. The molecule has 0 N–H and O–H groups in total. The summed E-state index contributed by atoms with van der Waals surface area (Å²) in [4.78, 5) is 10.6. The molecule has 0 spiro atoms. The number of hydrogen-bond acceptors (Lipinski definition) is 4. The predicted molar refractivity (Wildman–Crippen MR) is 618 cm³/mol. The quantitative estimate of drug-likeness (QED) is 0.127. The molecule has 0 atom stereocenters. The number of fused-ring (bicyclic) bond motifs is 21. The van der Waals surface area contributed by atoms with E-state index in [0.717, 1.165) is 59.1 Å². The lowest BCUT2D eigenvalue weighted by molar-refractivity contribution is 0.332. The maximum absolute atomic E-state index is 2.76. The fourth-order valence-corrected chi connectivity index (χ4v) is 27.4. The molecule has 0 radical (unpaired) electrons. The molecule has 4 bridgehead atoms. The van der Waals surface area contributed by atoms with E-state index in [1.165, 1.54) is 217 Å². The van der Waals surface area contributed by atoms with Crippen molar-refractivity contribution >= 4 is 136 Å². The summed E-state index contributed by atoms with van der Waals surface area (Å²) in [6.07, 6.45) is 3.05. The Morgan fingerprint density at radius 1 is 0.285 bits per heavy atom. The van der Waals surface area contributed by atoms with Gasteiger partial charge in [0, 0.05) is 129 Å². The molecule has 0 amide bonds. The van der Waals surface area contributed by atoms with Crippen LogP contribution in [0.4, 0.5) is 68.2 Å². The SMILES string of the molecule is Cc1cc2c(cc1N1c3cc(N(c4ccc(C(C)(C)C)cc4)c4ccc(C(C)(C)Cc5cc6ccc5C(C)(C)c5cc7c8c(c5)-n5c9c(c%10cccc(c%105)B8c5ccc(N(c8ccc(C(C)(C)C)cc8)c8ccc(C(C)(C)C)cc8)cc5N7c5ccc(C(C)(C)C)cc5-6)C(C)(C)c5ccccc5-9)cc4)ccc3B3c4c1cc(C(C)(C)C)cc4-n1c4c(c5cccc3c51)C(C)(C)c1ccccc1-4)C(C)(C)CCC2(C)C. The van der Waals surface area contributed by atoms with Gasteiger partial charge in [0.1, 0.15) is 0 Å². The van der Waals surface area contributed by atoms with E-state index >= 15 is 0 Å². The van der Waals surface area contributed by atoms with Gasteiger partial charge in [-0.1, -0.05) is 363 Å². The number of rotatable bonds is 10. The van der Waals surface area contributed by atoms with Crippen LogP contribution in [0.3, 0.4) is 0 Å². The Hall–Kier alpha value is -13.3. The first-order valence-electron chi connectivity index (χ1n) is 53.3. The zero-order valence-electron chi connectivity index (χ0n) is 90.2. The summed E-state index contributed by atoms with van der Waals surface area (Å²) < 4.78 is 5.50. The van der Waals surface area contributed by atoms with Gasteiger partial charge >= 0.3 is 0 Å². The first kappa shape index (κ1) is 91.9. The molecule has 6 aliphatic heterocycles. The molecule has 0 fully saturated rings. The number of nitrogens with zero attached hydrogens (tertiary/aromatic N) is 6. The molecular weight excluding hydrogens is 1740 g/mol. The lowest BCUT2D eigenvalue weighted by Crippen LogP contribution is -2.60. The third-order valence-electron chi connectivity index (χ3n) is 35.8. The van der Waals surface area contributed by atoms with E-state index in [1.807, 2.05) is 0 Å². The predicted octanol–water partition coefficient (Wildman–Crippen LogP) is 32.3. The minimum Gasteiger partial charge on any atom is -0.311 e. The molecule has 0 saturated heterocycles. The van der Waals surface area contributed by atoms with E-state index in [0.29, 0.717) is 0 Å². The van der Waals surface area contributed by atoms with Crippen LogP contribution in [0.2, 0.25) is 0 Å². The topological polar surface area (TPSA) is 22.8 Å². The molecule has 8 heterocycles. The van der Waals surface area contributed by atoms with Crippen LogP contribution in [0.5, 0.6) is 0 Å². The molecule has 2 aromatic heterocycles. The van der Waals surface area contributed by atoms with Gasteiger partial charge in [0.25, 0.3) is 13.4 Å². The van der Waals surface area contributed by atoms with Gasteiger partial charge in [-0.05, 0) is 312 Å². The van der Waals surface area contributed by atoms with Crippen molar-refractivity contribution in [1.29, 1.82) is 0 Å². The van der Waals surface area contributed by atoms with Crippen LogP contribution in [-0.2, 0) is 66.0 Å². The average molecular weight is 1880 g/mol. The maximum atomic E-state index is 2.76. The van der Waals surface area contributed by atoms with Crippen LogP contribution in [0, 0.1) is 6.92 Å². The molecule has 9 aliphatic rings. The third kappa shape index (κ3) is 13.3. The van der Waals surface area contributed by atoms with E-state index < -0.39 is 5.41 Å². The molecule has 718 valence electrons. The van der Waals surface area contributed by atoms with Crippen molar-refractivity contribution in [1.82, 2.24) is 9.13 Å². The van der Waals surface area contributed by atoms with Crippen molar-refractivity contribution in [2.45, 2.75) is 273 Å². The largest absolute Gasteiger partial charge is 0.311 e. The van der Waals surface area contributed by atoms with Crippen LogP contribution < -0.4 is 52.4 Å². The molecule has 15 aromatic carbocycles.